The fourth-order valence-corrected chi connectivity index (χ4v) is 4.06. The second-order valence-electron chi connectivity index (χ2n) is 7.60. The van der Waals surface area contributed by atoms with Gasteiger partial charge in [0, 0.05) is 6.61 Å². The number of esters is 1. The molecule has 0 spiro atoms. The van der Waals surface area contributed by atoms with Crippen LogP contribution in [0.4, 0.5) is 22.0 Å². The molecule has 0 saturated carbocycles. The molecule has 1 fully saturated rings. The van der Waals surface area contributed by atoms with Gasteiger partial charge in [0.15, 0.2) is 11.8 Å². The van der Waals surface area contributed by atoms with Crippen molar-refractivity contribution in [2.75, 3.05) is 6.61 Å². The van der Waals surface area contributed by atoms with Gasteiger partial charge >= 0.3 is 12.1 Å². The predicted octanol–water partition coefficient (Wildman–Crippen LogP) is 4.73. The van der Waals surface area contributed by atoms with Crippen LogP contribution in [0, 0.1) is 0 Å². The Morgan fingerprint density at radius 1 is 1.27 bits per heavy atom. The van der Waals surface area contributed by atoms with Crippen LogP contribution >= 0.6 is 0 Å². The summed E-state index contributed by atoms with van der Waals surface area (Å²) in [5.41, 5.74) is -2.45. The number of carbonyl (C=O) groups excluding carboxylic acids is 1. The highest BCUT2D eigenvalue weighted by atomic mass is 19.4. The van der Waals surface area contributed by atoms with Crippen LogP contribution in [0.1, 0.15) is 59.2 Å². The molecule has 2 aromatic rings. The number of carbonyl (C=O) groups is 1. The zero-order chi connectivity index (χ0) is 21.7. The Bertz CT molecular complexity index is 942. The number of nitrogens with zero attached hydrogens (tertiary/aromatic N) is 2. The van der Waals surface area contributed by atoms with E-state index in [9.17, 15) is 26.7 Å². The van der Waals surface area contributed by atoms with E-state index in [0.717, 1.165) is 4.68 Å². The second-order valence-corrected chi connectivity index (χ2v) is 7.60. The summed E-state index contributed by atoms with van der Waals surface area (Å²) in [6, 6.07) is 6.79. The first-order valence-corrected chi connectivity index (χ1v) is 9.52. The number of benzene rings is 1. The van der Waals surface area contributed by atoms with Crippen LogP contribution in [0.25, 0.3) is 0 Å². The maximum atomic E-state index is 14.8. The molecule has 30 heavy (non-hydrogen) atoms. The lowest BCUT2D eigenvalue weighted by Gasteiger charge is -2.28. The summed E-state index contributed by atoms with van der Waals surface area (Å²) in [5.74, 6) is -4.80. The topological polar surface area (TPSA) is 53.4 Å². The Hall–Kier alpha value is -2.49. The van der Waals surface area contributed by atoms with Gasteiger partial charge in [-0.25, -0.2) is 13.6 Å². The average Bonchev–Trinajstić information content (AvgIpc) is 3.16. The summed E-state index contributed by atoms with van der Waals surface area (Å²) in [5, 5.41) is 3.67. The fraction of sp³-hybridized carbons (Fsp3) is 0.500. The van der Waals surface area contributed by atoms with Gasteiger partial charge in [-0.3, -0.25) is 4.68 Å². The van der Waals surface area contributed by atoms with Crippen LogP contribution in [-0.4, -0.2) is 34.4 Å². The number of aromatic nitrogens is 2. The molecular weight excluding hydrogens is 411 g/mol. The third kappa shape index (κ3) is 3.68. The molecule has 1 aromatic carbocycles. The lowest BCUT2D eigenvalue weighted by molar-refractivity contribution is -0.147. The van der Waals surface area contributed by atoms with Crippen LogP contribution in [0.3, 0.4) is 0 Å². The van der Waals surface area contributed by atoms with Crippen molar-refractivity contribution in [1.29, 1.82) is 0 Å². The Labute approximate surface area is 168 Å². The monoisotopic (exact) mass is 430 g/mol. The smallest absolute Gasteiger partial charge is 0.435 e. The van der Waals surface area contributed by atoms with Crippen molar-refractivity contribution in [2.45, 2.75) is 56.5 Å². The lowest BCUT2D eigenvalue weighted by atomic mass is 10.0. The lowest BCUT2D eigenvalue weighted by Crippen LogP contribution is -2.30. The zero-order valence-electron chi connectivity index (χ0n) is 16.0. The zero-order valence-corrected chi connectivity index (χ0v) is 16.0. The molecule has 0 unspecified atom stereocenters. The number of alkyl halides is 5. The molecule has 1 aliphatic heterocycles. The van der Waals surface area contributed by atoms with E-state index in [4.69, 9.17) is 9.47 Å². The molecule has 162 valence electrons. The molecule has 2 aliphatic rings. The van der Waals surface area contributed by atoms with E-state index in [1.54, 1.807) is 13.0 Å². The molecular formula is C20H19F5N2O3. The fourth-order valence-electron chi connectivity index (χ4n) is 4.06. The average molecular weight is 430 g/mol. The quantitative estimate of drug-likeness (QED) is 0.522. The Balaban J connectivity index is 1.76. The van der Waals surface area contributed by atoms with Gasteiger partial charge in [-0.2, -0.15) is 18.3 Å². The summed E-state index contributed by atoms with van der Waals surface area (Å²) in [7, 11) is 0. The maximum Gasteiger partial charge on any atom is 0.435 e. The summed E-state index contributed by atoms with van der Waals surface area (Å²) in [6.45, 7) is 2.06. The van der Waals surface area contributed by atoms with Crippen LogP contribution in [0.5, 0.6) is 0 Å². The third-order valence-corrected chi connectivity index (χ3v) is 5.41. The maximum absolute atomic E-state index is 14.8. The van der Waals surface area contributed by atoms with Crippen molar-refractivity contribution in [3.63, 3.8) is 0 Å². The summed E-state index contributed by atoms with van der Waals surface area (Å²) in [4.78, 5) is 12.3. The van der Waals surface area contributed by atoms with Gasteiger partial charge in [-0.05, 0) is 31.9 Å². The molecule has 2 heterocycles. The van der Waals surface area contributed by atoms with E-state index in [2.05, 4.69) is 5.10 Å². The standard InChI is InChI=1S/C20H19F5N2O3/c1-11-9-13(7-8-29-11)27-14-10-19(21,22)17(15(14)16(26-27)20(23,24)25)30-18(28)12-5-3-2-4-6-12/h2-6,11,13,17H,7-10H2,1H3/t11-,13-,17-/m0/s1. The van der Waals surface area contributed by atoms with E-state index in [0.29, 0.717) is 19.4 Å². The normalized spacial score (nSPS) is 25.7. The first kappa shape index (κ1) is 20.8. The summed E-state index contributed by atoms with van der Waals surface area (Å²) < 4.78 is 82.1. The Kier molecular flexibility index (Phi) is 5.08. The Morgan fingerprint density at radius 3 is 2.60 bits per heavy atom. The molecule has 5 nitrogen and oxygen atoms in total. The van der Waals surface area contributed by atoms with Crippen LogP contribution < -0.4 is 0 Å². The van der Waals surface area contributed by atoms with Gasteiger partial charge in [0.25, 0.3) is 5.92 Å². The van der Waals surface area contributed by atoms with Crippen LogP contribution in [0.2, 0.25) is 0 Å². The van der Waals surface area contributed by atoms with Gasteiger partial charge < -0.3 is 9.47 Å². The van der Waals surface area contributed by atoms with E-state index in [1.807, 2.05) is 0 Å². The number of rotatable bonds is 3. The van der Waals surface area contributed by atoms with Crippen molar-refractivity contribution in [1.82, 2.24) is 9.78 Å². The molecule has 0 amide bonds. The van der Waals surface area contributed by atoms with Crippen LogP contribution in [0.15, 0.2) is 30.3 Å². The number of fused-ring (bicyclic) bond motifs is 1. The first-order valence-electron chi connectivity index (χ1n) is 9.52. The number of hydrogen-bond donors (Lipinski definition) is 0. The Morgan fingerprint density at radius 2 is 1.97 bits per heavy atom. The van der Waals surface area contributed by atoms with Crippen molar-refractivity contribution in [2.24, 2.45) is 0 Å². The molecule has 1 aliphatic carbocycles. The number of hydrogen-bond acceptors (Lipinski definition) is 4. The van der Waals surface area contributed by atoms with Gasteiger partial charge in [-0.1, -0.05) is 18.2 Å². The van der Waals surface area contributed by atoms with Gasteiger partial charge in [0.1, 0.15) is 0 Å². The molecule has 10 heteroatoms. The second kappa shape index (κ2) is 7.33. The SMILES string of the molecule is C[C@H]1C[C@@H](n2nc(C(F)(F)F)c3c2CC(F)(F)[C@H]3OC(=O)c2ccccc2)CCO1. The largest absolute Gasteiger partial charge is 0.447 e. The molecule has 0 radical (unpaired) electrons. The van der Waals surface area contributed by atoms with E-state index in [-0.39, 0.29) is 17.4 Å². The highest BCUT2D eigenvalue weighted by Crippen LogP contribution is 2.51. The predicted molar refractivity (Wildman–Crippen MR) is 94.2 cm³/mol. The molecule has 0 bridgehead atoms. The molecule has 1 aromatic heterocycles. The van der Waals surface area contributed by atoms with Crippen molar-refractivity contribution < 1.29 is 36.2 Å². The van der Waals surface area contributed by atoms with Gasteiger partial charge in [0.2, 0.25) is 0 Å². The minimum absolute atomic E-state index is 0.0269. The third-order valence-electron chi connectivity index (χ3n) is 5.41. The van der Waals surface area contributed by atoms with Gasteiger partial charge in [0.05, 0.1) is 35.4 Å². The minimum Gasteiger partial charge on any atom is -0.447 e. The number of ether oxygens (including phenoxy) is 2. The van der Waals surface area contributed by atoms with Crippen molar-refractivity contribution >= 4 is 5.97 Å². The summed E-state index contributed by atoms with van der Waals surface area (Å²) in [6.07, 6.45) is -7.83. The highest BCUT2D eigenvalue weighted by molar-refractivity contribution is 5.89. The van der Waals surface area contributed by atoms with Crippen molar-refractivity contribution in [3.05, 3.63) is 52.8 Å². The number of halogens is 5. The van der Waals surface area contributed by atoms with E-state index >= 15 is 0 Å². The van der Waals surface area contributed by atoms with Crippen molar-refractivity contribution in [3.8, 4) is 0 Å². The first-order chi connectivity index (χ1) is 14.1. The highest BCUT2D eigenvalue weighted by Gasteiger charge is 2.57. The molecule has 1 saturated heterocycles. The molecule has 0 N–H and O–H groups in total. The van der Waals surface area contributed by atoms with Gasteiger partial charge in [-0.15, -0.1) is 0 Å². The van der Waals surface area contributed by atoms with Crippen LogP contribution in [-0.2, 0) is 22.1 Å². The van der Waals surface area contributed by atoms with E-state index < -0.39 is 47.9 Å². The minimum atomic E-state index is -4.97. The molecule has 3 atom stereocenters. The van der Waals surface area contributed by atoms with E-state index in [1.165, 1.54) is 24.3 Å². The summed E-state index contributed by atoms with van der Waals surface area (Å²) >= 11 is 0. The molecule has 4 rings (SSSR count).